The first-order valence-corrected chi connectivity index (χ1v) is 5.67. The quantitative estimate of drug-likeness (QED) is 0.787. The van der Waals surface area contributed by atoms with Crippen LogP contribution in [0.4, 0.5) is 0 Å². The smallest absolute Gasteiger partial charge is 0.292 e. The first-order chi connectivity index (χ1) is 9.28. The molecule has 2 rings (SSSR count). The number of hydrogen-bond donors (Lipinski definition) is 0. The van der Waals surface area contributed by atoms with Crippen LogP contribution in [0.2, 0.25) is 0 Å². The first kappa shape index (κ1) is 12.8. The molecular formula is C15H13NO3. The summed E-state index contributed by atoms with van der Waals surface area (Å²) in [5, 5.41) is 8.57. The monoisotopic (exact) mass is 255 g/mol. The van der Waals surface area contributed by atoms with E-state index in [1.165, 1.54) is 0 Å². The molecule has 2 aromatic carbocycles. The van der Waals surface area contributed by atoms with Crippen LogP contribution in [0.15, 0.2) is 42.5 Å². The molecule has 0 N–H and O–H groups in total. The molecule has 19 heavy (non-hydrogen) atoms. The Labute approximate surface area is 111 Å². The molecule has 0 heterocycles. The van der Waals surface area contributed by atoms with Crippen LogP contribution in [0.3, 0.4) is 0 Å². The third-order valence-corrected chi connectivity index (χ3v) is 2.72. The second-order valence-electron chi connectivity index (χ2n) is 3.79. The Morgan fingerprint density at radius 3 is 2.47 bits per heavy atom. The Kier molecular flexibility index (Phi) is 3.89. The number of nitriles is 1. The van der Waals surface area contributed by atoms with E-state index in [0.29, 0.717) is 11.5 Å². The predicted octanol–water partition coefficient (Wildman–Crippen LogP) is 3.23. The average Bonchev–Trinajstić information content (AvgIpc) is 2.47. The number of nitrogens with zero attached hydrogens (tertiary/aromatic N) is 1. The van der Waals surface area contributed by atoms with Crippen LogP contribution in [0, 0.1) is 11.5 Å². The van der Waals surface area contributed by atoms with E-state index in [4.69, 9.17) is 19.5 Å². The van der Waals surface area contributed by atoms with Gasteiger partial charge in [-0.15, -0.1) is 5.26 Å². The molecule has 0 aliphatic carbocycles. The van der Waals surface area contributed by atoms with Gasteiger partial charge in [0.25, 0.3) is 6.26 Å². The van der Waals surface area contributed by atoms with Crippen molar-refractivity contribution in [3.8, 4) is 34.6 Å². The molecule has 4 heteroatoms. The van der Waals surface area contributed by atoms with Gasteiger partial charge in [0.2, 0.25) is 0 Å². The zero-order valence-corrected chi connectivity index (χ0v) is 10.7. The van der Waals surface area contributed by atoms with E-state index in [1.54, 1.807) is 38.7 Å². The summed E-state index contributed by atoms with van der Waals surface area (Å²) < 4.78 is 15.4. The van der Waals surface area contributed by atoms with E-state index in [0.717, 1.165) is 16.9 Å². The summed E-state index contributed by atoms with van der Waals surface area (Å²) in [5.74, 6) is 1.94. The lowest BCUT2D eigenvalue weighted by atomic mass is 10.0. The van der Waals surface area contributed by atoms with Crippen LogP contribution in [0.25, 0.3) is 11.1 Å². The minimum absolute atomic E-state index is 0.473. The van der Waals surface area contributed by atoms with Gasteiger partial charge in [0.1, 0.15) is 17.2 Å². The van der Waals surface area contributed by atoms with Gasteiger partial charge in [-0.3, -0.25) is 0 Å². The maximum atomic E-state index is 8.57. The summed E-state index contributed by atoms with van der Waals surface area (Å²) in [4.78, 5) is 0. The second kappa shape index (κ2) is 5.78. The fraction of sp³-hybridized carbons (Fsp3) is 0.133. The first-order valence-electron chi connectivity index (χ1n) is 5.67. The van der Waals surface area contributed by atoms with E-state index < -0.39 is 0 Å². The van der Waals surface area contributed by atoms with Crippen LogP contribution >= 0.6 is 0 Å². The van der Waals surface area contributed by atoms with Crippen molar-refractivity contribution in [1.29, 1.82) is 5.26 Å². The maximum absolute atomic E-state index is 8.57. The molecule has 96 valence electrons. The minimum Gasteiger partial charge on any atom is -0.497 e. The van der Waals surface area contributed by atoms with Crippen molar-refractivity contribution < 1.29 is 14.2 Å². The molecule has 0 bridgehead atoms. The maximum Gasteiger partial charge on any atom is 0.292 e. The third kappa shape index (κ3) is 2.78. The van der Waals surface area contributed by atoms with Crippen molar-refractivity contribution in [1.82, 2.24) is 0 Å². The van der Waals surface area contributed by atoms with Crippen molar-refractivity contribution in [2.45, 2.75) is 0 Å². The van der Waals surface area contributed by atoms with Gasteiger partial charge >= 0.3 is 0 Å². The zero-order chi connectivity index (χ0) is 13.7. The van der Waals surface area contributed by atoms with Gasteiger partial charge in [-0.1, -0.05) is 12.1 Å². The Morgan fingerprint density at radius 1 is 0.947 bits per heavy atom. The normalized spacial score (nSPS) is 9.53. The molecule has 4 nitrogen and oxygen atoms in total. The topological polar surface area (TPSA) is 51.5 Å². The number of ether oxygens (including phenoxy) is 3. The third-order valence-electron chi connectivity index (χ3n) is 2.72. The molecule has 0 spiro atoms. The van der Waals surface area contributed by atoms with Crippen molar-refractivity contribution in [2.75, 3.05) is 14.2 Å². The SMILES string of the molecule is COc1cccc(-c2cc(OC#N)ccc2OC)c1. The van der Waals surface area contributed by atoms with Gasteiger partial charge in [-0.25, -0.2) is 0 Å². The predicted molar refractivity (Wildman–Crippen MR) is 71.2 cm³/mol. The molecule has 0 saturated heterocycles. The van der Waals surface area contributed by atoms with Crippen LogP contribution in [-0.2, 0) is 0 Å². The highest BCUT2D eigenvalue weighted by molar-refractivity contribution is 5.73. The summed E-state index contributed by atoms with van der Waals surface area (Å²) in [6, 6.07) is 12.8. The molecular weight excluding hydrogens is 242 g/mol. The molecule has 0 atom stereocenters. The van der Waals surface area contributed by atoms with Crippen LogP contribution in [-0.4, -0.2) is 14.2 Å². The lowest BCUT2D eigenvalue weighted by molar-refractivity contribution is 0.413. The van der Waals surface area contributed by atoms with Crippen molar-refractivity contribution in [2.24, 2.45) is 0 Å². The van der Waals surface area contributed by atoms with Crippen LogP contribution in [0.1, 0.15) is 0 Å². The Hall–Kier alpha value is -2.67. The molecule has 2 aromatic rings. The number of hydrogen-bond acceptors (Lipinski definition) is 4. The molecule has 0 radical (unpaired) electrons. The fourth-order valence-electron chi connectivity index (χ4n) is 1.82. The molecule has 0 aliphatic rings. The second-order valence-corrected chi connectivity index (χ2v) is 3.79. The van der Waals surface area contributed by atoms with Gasteiger partial charge in [-0.05, 0) is 35.9 Å². The largest absolute Gasteiger partial charge is 0.497 e. The van der Waals surface area contributed by atoms with E-state index >= 15 is 0 Å². The highest BCUT2D eigenvalue weighted by Gasteiger charge is 2.09. The van der Waals surface area contributed by atoms with Crippen LogP contribution in [0.5, 0.6) is 17.2 Å². The molecule has 0 fully saturated rings. The van der Waals surface area contributed by atoms with Gasteiger partial charge in [0.15, 0.2) is 0 Å². The van der Waals surface area contributed by atoms with Crippen molar-refractivity contribution in [3.63, 3.8) is 0 Å². The summed E-state index contributed by atoms with van der Waals surface area (Å²) in [6.07, 6.45) is 1.66. The zero-order valence-electron chi connectivity index (χ0n) is 10.7. The van der Waals surface area contributed by atoms with Crippen molar-refractivity contribution >= 4 is 0 Å². The highest BCUT2D eigenvalue weighted by atomic mass is 16.5. The summed E-state index contributed by atoms with van der Waals surface area (Å²) >= 11 is 0. The molecule has 0 amide bonds. The molecule has 0 aliphatic heterocycles. The number of methoxy groups -OCH3 is 2. The standard InChI is InChI=1S/C15H13NO3/c1-17-12-5-3-4-11(8-12)14-9-13(19-10-16)6-7-15(14)18-2/h3-9H,1-2H3. The van der Waals surface area contributed by atoms with E-state index in [2.05, 4.69) is 0 Å². The van der Waals surface area contributed by atoms with Crippen molar-refractivity contribution in [3.05, 3.63) is 42.5 Å². The number of rotatable bonds is 4. The van der Waals surface area contributed by atoms with Gasteiger partial charge < -0.3 is 14.2 Å². The highest BCUT2D eigenvalue weighted by Crippen LogP contribution is 2.34. The van der Waals surface area contributed by atoms with E-state index in [1.807, 2.05) is 24.3 Å². The summed E-state index contributed by atoms with van der Waals surface area (Å²) in [6.45, 7) is 0. The van der Waals surface area contributed by atoms with Gasteiger partial charge in [0, 0.05) is 5.56 Å². The van der Waals surface area contributed by atoms with Gasteiger partial charge in [-0.2, -0.15) is 0 Å². The lowest BCUT2D eigenvalue weighted by Gasteiger charge is -2.10. The Morgan fingerprint density at radius 2 is 1.79 bits per heavy atom. The van der Waals surface area contributed by atoms with E-state index in [9.17, 15) is 0 Å². The van der Waals surface area contributed by atoms with Crippen LogP contribution < -0.4 is 14.2 Å². The van der Waals surface area contributed by atoms with E-state index in [-0.39, 0.29) is 0 Å². The number of benzene rings is 2. The Bertz CT molecular complexity index is 617. The molecule has 0 aromatic heterocycles. The summed E-state index contributed by atoms with van der Waals surface area (Å²) in [7, 11) is 3.22. The Balaban J connectivity index is 2.51. The minimum atomic E-state index is 0.473. The van der Waals surface area contributed by atoms with Gasteiger partial charge in [0.05, 0.1) is 14.2 Å². The lowest BCUT2D eigenvalue weighted by Crippen LogP contribution is -1.91. The molecule has 0 unspecified atom stereocenters. The average molecular weight is 255 g/mol. The summed E-state index contributed by atoms with van der Waals surface area (Å²) in [5.41, 5.74) is 1.77. The fourth-order valence-corrected chi connectivity index (χ4v) is 1.82. The molecule has 0 saturated carbocycles.